The van der Waals surface area contributed by atoms with E-state index in [9.17, 15) is 22.8 Å². The van der Waals surface area contributed by atoms with E-state index in [1.165, 1.54) is 180 Å². The summed E-state index contributed by atoms with van der Waals surface area (Å²) < 4.78 is 53.6. The molecule has 0 aromatic heterocycles. The third-order valence-corrected chi connectivity index (χ3v) is 11.2. The number of hydrogen-bond donors (Lipinski definition) is 1. The van der Waals surface area contributed by atoms with Crippen LogP contribution in [0.1, 0.15) is 232 Å². The van der Waals surface area contributed by atoms with Gasteiger partial charge in [-0.15, -0.1) is 0 Å². The number of carbonyl (C=O) groups excluding carboxylic acids is 2. The summed E-state index contributed by atoms with van der Waals surface area (Å²) in [4.78, 5) is 26.4. The normalized spacial score (nSPS) is 15.8. The van der Waals surface area contributed by atoms with Crippen molar-refractivity contribution in [2.24, 2.45) is 0 Å². The van der Waals surface area contributed by atoms with Gasteiger partial charge in [0.25, 0.3) is 6.48 Å². The zero-order valence-electron chi connectivity index (χ0n) is 36.4. The molecule has 2 unspecified atom stereocenters. The number of nitrogens with one attached hydrogen (secondary N) is 1. The first-order valence-electron chi connectivity index (χ1n) is 23.8. The van der Waals surface area contributed by atoms with Crippen molar-refractivity contribution in [1.82, 2.24) is 10.2 Å². The lowest BCUT2D eigenvalue weighted by atomic mass is 10.0. The Morgan fingerprint density at radius 1 is 0.571 bits per heavy atom. The fourth-order valence-electron chi connectivity index (χ4n) is 7.55. The summed E-state index contributed by atoms with van der Waals surface area (Å²) >= 11 is 0. The molecule has 56 heavy (non-hydrogen) atoms. The number of halogens is 3. The summed E-state index contributed by atoms with van der Waals surface area (Å²) in [5.41, 5.74) is 0. The summed E-state index contributed by atoms with van der Waals surface area (Å²) in [6.45, 7) is 5.09. The molecule has 0 spiro atoms. The molecular weight excluding hydrogens is 718 g/mol. The first-order chi connectivity index (χ1) is 27.3. The smallest absolute Gasteiger partial charge is 0.346 e. The Morgan fingerprint density at radius 3 is 1.29 bits per heavy atom. The third kappa shape index (κ3) is 32.6. The lowest BCUT2D eigenvalue weighted by Gasteiger charge is -2.23. The third-order valence-electron chi connectivity index (χ3n) is 11.2. The van der Waals surface area contributed by atoms with Gasteiger partial charge < -0.3 is 24.4 Å². The fraction of sp³-hybridized carbons (Fsp3) is 0.957. The average Bonchev–Trinajstić information content (AvgIpc) is 3.64. The van der Waals surface area contributed by atoms with Crippen LogP contribution in [-0.2, 0) is 23.8 Å². The Bertz CT molecular complexity index is 857. The van der Waals surface area contributed by atoms with E-state index in [1.54, 1.807) is 5.32 Å². The molecule has 10 heteroatoms. The van der Waals surface area contributed by atoms with E-state index in [-0.39, 0.29) is 25.7 Å². The highest BCUT2D eigenvalue weighted by molar-refractivity contribution is 5.81. The second-order valence-corrected chi connectivity index (χ2v) is 16.5. The van der Waals surface area contributed by atoms with E-state index in [0.29, 0.717) is 12.8 Å². The number of unbranched alkanes of at least 4 members (excludes halogenated alkanes) is 30. The topological polar surface area (TPSA) is 77.1 Å². The predicted octanol–water partition coefficient (Wildman–Crippen LogP) is 13.5. The highest BCUT2D eigenvalue weighted by atomic mass is 19.4. The second kappa shape index (κ2) is 37.9. The zero-order valence-corrected chi connectivity index (χ0v) is 36.4. The quantitative estimate of drug-likeness (QED) is 0.0623. The molecule has 2 atom stereocenters. The highest BCUT2D eigenvalue weighted by Crippen LogP contribution is 2.18. The molecule has 0 aromatic rings. The molecule has 0 saturated carbocycles. The summed E-state index contributed by atoms with van der Waals surface area (Å²) in [5, 5.41) is 1.80. The van der Waals surface area contributed by atoms with Crippen LogP contribution in [0, 0.1) is 0 Å². The van der Waals surface area contributed by atoms with E-state index in [2.05, 4.69) is 18.7 Å². The molecule has 0 aromatic carbocycles. The van der Waals surface area contributed by atoms with Crippen molar-refractivity contribution in [3.05, 3.63) is 0 Å². The van der Waals surface area contributed by atoms with Gasteiger partial charge in [-0.3, -0.25) is 9.59 Å². The van der Waals surface area contributed by atoms with Crippen LogP contribution in [0.3, 0.4) is 0 Å². The molecule has 1 saturated heterocycles. The van der Waals surface area contributed by atoms with E-state index in [4.69, 9.17) is 14.2 Å². The van der Waals surface area contributed by atoms with Crippen molar-refractivity contribution in [1.29, 1.82) is 0 Å². The number of nitrogens with zero attached hydrogens (tertiary/aromatic N) is 1. The minimum absolute atomic E-state index is 0.0220. The molecule has 0 bridgehead atoms. The Hall–Kier alpha value is -1.39. The van der Waals surface area contributed by atoms with Gasteiger partial charge in [0.2, 0.25) is 5.91 Å². The molecule has 7 nitrogen and oxygen atoms in total. The van der Waals surface area contributed by atoms with Crippen molar-refractivity contribution < 1.29 is 37.0 Å². The predicted molar refractivity (Wildman–Crippen MR) is 225 cm³/mol. The van der Waals surface area contributed by atoms with E-state index in [0.717, 1.165) is 38.8 Å². The first-order valence-corrected chi connectivity index (χ1v) is 23.8. The molecular formula is C46H87F3N2O5. The summed E-state index contributed by atoms with van der Waals surface area (Å²) in [6.07, 6.45) is 37.7. The van der Waals surface area contributed by atoms with Gasteiger partial charge >= 0.3 is 12.1 Å². The molecule has 2 amide bonds. The number of rotatable bonds is 41. The van der Waals surface area contributed by atoms with Gasteiger partial charge in [-0.25, -0.2) is 0 Å². The molecule has 1 aliphatic heterocycles. The van der Waals surface area contributed by atoms with Gasteiger partial charge in [0.05, 0.1) is 13.2 Å². The van der Waals surface area contributed by atoms with Crippen LogP contribution in [-0.4, -0.2) is 68.3 Å². The van der Waals surface area contributed by atoms with Gasteiger partial charge in [-0.05, 0) is 19.3 Å². The lowest BCUT2D eigenvalue weighted by molar-refractivity contribution is -0.237. The van der Waals surface area contributed by atoms with Gasteiger partial charge in [0.15, 0.2) is 0 Å². The number of ether oxygens (including phenoxy) is 3. The lowest BCUT2D eigenvalue weighted by Crippen LogP contribution is -2.41. The number of amides is 2. The van der Waals surface area contributed by atoms with Crippen LogP contribution in [0.15, 0.2) is 0 Å². The second-order valence-electron chi connectivity index (χ2n) is 16.5. The van der Waals surface area contributed by atoms with Gasteiger partial charge in [0.1, 0.15) is 6.10 Å². The van der Waals surface area contributed by atoms with Crippen molar-refractivity contribution in [3.63, 3.8) is 0 Å². The van der Waals surface area contributed by atoms with E-state index in [1.807, 2.05) is 0 Å². The maximum atomic E-state index is 13.3. The Balaban J connectivity index is 2.24. The Kier molecular flexibility index (Phi) is 35.6. The van der Waals surface area contributed by atoms with Crippen LogP contribution in [0.5, 0.6) is 0 Å². The molecule has 1 N–H and O–H groups in total. The van der Waals surface area contributed by atoms with Crippen LogP contribution in [0.2, 0.25) is 0 Å². The minimum Gasteiger partial charge on any atom is -0.346 e. The maximum Gasteiger partial charge on any atom is 0.471 e. The van der Waals surface area contributed by atoms with E-state index < -0.39 is 24.7 Å². The van der Waals surface area contributed by atoms with E-state index >= 15 is 0 Å². The Morgan fingerprint density at radius 2 is 0.929 bits per heavy atom. The number of hydrogen-bond acceptors (Lipinski definition) is 5. The van der Waals surface area contributed by atoms with Crippen LogP contribution >= 0.6 is 0 Å². The van der Waals surface area contributed by atoms with Crippen molar-refractivity contribution >= 4 is 11.8 Å². The van der Waals surface area contributed by atoms with Gasteiger partial charge in [0, 0.05) is 26.1 Å². The fourth-order valence-corrected chi connectivity index (χ4v) is 7.55. The molecule has 0 aliphatic carbocycles. The summed E-state index contributed by atoms with van der Waals surface area (Å²) in [7, 11) is 0. The minimum atomic E-state index is -4.94. The summed E-state index contributed by atoms with van der Waals surface area (Å²) in [5.74, 6) is -1.86. The van der Waals surface area contributed by atoms with Crippen molar-refractivity contribution in [2.75, 3.05) is 32.8 Å². The highest BCUT2D eigenvalue weighted by Gasteiger charge is 2.39. The standard InChI is InChI=1S/C46H87F3N2O5/c1-3-5-7-9-11-13-15-17-19-21-23-25-27-29-31-33-37-51(38-34-32-30-28-26-24-22-20-18-16-14-12-10-8-6-4-2)43(52)36-35-39-54-45-55-41-42(56-45)40-50-44(53)46(47,48)49/h42,45H,3-41H2,1-2H3,(H,50,53). The van der Waals surface area contributed by atoms with Crippen LogP contribution in [0.4, 0.5) is 13.2 Å². The SMILES string of the molecule is CCCCCCCCCCCCCCCCCCN(CCCCCCCCCCCCCCCCCC)C(=O)CCCOC1OCC(CNC(=O)C(F)(F)F)O1. The van der Waals surface area contributed by atoms with Crippen molar-refractivity contribution in [3.8, 4) is 0 Å². The van der Waals surface area contributed by atoms with Gasteiger partial charge in [-0.2, -0.15) is 13.2 Å². The zero-order chi connectivity index (χ0) is 40.8. The molecule has 1 fully saturated rings. The first kappa shape index (κ1) is 52.6. The molecule has 1 heterocycles. The van der Waals surface area contributed by atoms with Crippen molar-refractivity contribution in [2.45, 2.75) is 251 Å². The maximum absolute atomic E-state index is 13.3. The number of alkyl halides is 3. The van der Waals surface area contributed by atoms with Crippen LogP contribution < -0.4 is 5.32 Å². The largest absolute Gasteiger partial charge is 0.471 e. The van der Waals surface area contributed by atoms with Crippen LogP contribution in [0.25, 0.3) is 0 Å². The molecule has 0 radical (unpaired) electrons. The average molecular weight is 805 g/mol. The molecule has 1 aliphatic rings. The monoisotopic (exact) mass is 805 g/mol. The molecule has 1 rings (SSSR count). The molecule has 332 valence electrons. The summed E-state index contributed by atoms with van der Waals surface area (Å²) in [6, 6.07) is 0. The van der Waals surface area contributed by atoms with Gasteiger partial charge in [-0.1, -0.05) is 206 Å². The Labute approximate surface area is 342 Å². The number of carbonyl (C=O) groups is 2.